The fraction of sp³-hybridized carbons (Fsp3) is 0. The normalized spacial score (nSPS) is 8.27. The molecule has 8 aromatic rings. The molecule has 480 valence electrons. The zero-order valence-electron chi connectivity index (χ0n) is 45.2. The first-order valence-electron chi connectivity index (χ1n) is 20.2. The van der Waals surface area contributed by atoms with E-state index in [1.54, 1.807) is 0 Å². The maximum atomic E-state index is 10.3. The molecule has 0 fully saturated rings. The molecule has 0 atom stereocenters. The molecule has 8 rings (SSSR count). The van der Waals surface area contributed by atoms with E-state index in [9.17, 15) is 58.8 Å². The average Bonchev–Trinajstić information content (AvgIpc) is 3.40. The van der Waals surface area contributed by atoms with E-state index in [2.05, 4.69) is 167 Å². The predicted molar refractivity (Wildman–Crippen MR) is 340 cm³/mol. The molecule has 0 saturated heterocycles. The fourth-order valence-electron chi connectivity index (χ4n) is 4.21. The van der Waals surface area contributed by atoms with Crippen LogP contribution in [0, 0.1) is 0 Å². The minimum atomic E-state index is -1.21. The number of nitrogens with zero attached hydrogens (tertiary/aromatic N) is 8. The standard InChI is InChI=1S/8C6H4BrNO2.8H2O.2Zn/c8*7-5-1-4(6(9)10)2-8-3-5;;;;;;;;;;/h8*1-3H,(H,9,10);8*1H2;;/q;;;;;;;;;;;;;;;;2*+2/p+4. The van der Waals surface area contributed by atoms with E-state index < -0.39 is 47.8 Å². The Morgan fingerprint density at radius 1 is 0.233 bits per heavy atom. The SMILES string of the molecule is O=C(O)c1cncc(Br)c1.O=C(O)c1cncc(Br)c1.O=C(O)c1cncc(Br)c1.O=C(O)c1cncc(Br)c1.O=C([O-])c1cncc(Br)c1.O=C([O-])c1cncc(Br)c1.O=C([O-])c1cncc(Br)c1.O=C([O-])c1cncc(Br)c1.[OH3+].[OH3+].[OH3+].[OH3+].[OH3+].[OH3+].[OH3+].[OH3+].[Zn+2].[Zn+2]. The summed E-state index contributed by atoms with van der Waals surface area (Å²) in [5.74, 6) is -8.71. The van der Waals surface area contributed by atoms with Gasteiger partial charge in [-0.05, 0) is 176 Å². The molecule has 90 heavy (non-hydrogen) atoms. The largest absolute Gasteiger partial charge is 2.00 e. The summed E-state index contributed by atoms with van der Waals surface area (Å²) >= 11 is 24.7. The van der Waals surface area contributed by atoms with Gasteiger partial charge in [0.05, 0.1) is 46.1 Å². The van der Waals surface area contributed by atoms with Gasteiger partial charge in [0.25, 0.3) is 0 Å². The molecule has 0 spiro atoms. The summed E-state index contributed by atoms with van der Waals surface area (Å²) in [4.78, 5) is 111. The second-order valence-electron chi connectivity index (χ2n) is 13.5. The number of hydrogen-bond acceptors (Lipinski definition) is 20. The topological polar surface area (TPSA) is 677 Å². The minimum Gasteiger partial charge on any atom is -0.545 e. The fourth-order valence-corrected chi connectivity index (χ4v) is 7.13. The summed E-state index contributed by atoms with van der Waals surface area (Å²) in [5, 5.41) is 74.5. The van der Waals surface area contributed by atoms with Crippen molar-refractivity contribution < 1.29 is 162 Å². The monoisotopic (exact) mass is 1880 g/mol. The van der Waals surface area contributed by atoms with Crippen molar-refractivity contribution in [3.63, 3.8) is 0 Å². The molecule has 28 N–H and O–H groups in total. The molecule has 32 nitrogen and oxygen atoms in total. The van der Waals surface area contributed by atoms with Gasteiger partial charge >= 0.3 is 62.8 Å². The third-order valence-corrected chi connectivity index (χ3v) is 11.0. The van der Waals surface area contributed by atoms with Crippen molar-refractivity contribution in [3.8, 4) is 0 Å². The number of rotatable bonds is 8. The zero-order valence-corrected chi connectivity index (χ0v) is 63.8. The Hall–Kier alpha value is -6.27. The number of carbonyl (C=O) groups excluding carboxylic acids is 4. The Morgan fingerprint density at radius 2 is 0.333 bits per heavy atom. The Labute approximate surface area is 599 Å². The second kappa shape index (κ2) is 57.9. The summed E-state index contributed by atoms with van der Waals surface area (Å²) in [5.41, 5.74) is 1.07. The van der Waals surface area contributed by atoms with Crippen LogP contribution in [0.15, 0.2) is 183 Å². The Morgan fingerprint density at radius 3 is 0.400 bits per heavy atom. The number of carbonyl (C=O) groups is 8. The molecule has 0 radical (unpaired) electrons. The van der Waals surface area contributed by atoms with Crippen molar-refractivity contribution in [2.45, 2.75) is 0 Å². The van der Waals surface area contributed by atoms with Gasteiger partial charge in [0.15, 0.2) is 0 Å². The van der Waals surface area contributed by atoms with Gasteiger partial charge in [-0.1, -0.05) is 0 Å². The van der Waals surface area contributed by atoms with Crippen molar-refractivity contribution in [2.75, 3.05) is 0 Å². The van der Waals surface area contributed by atoms with Crippen LogP contribution in [-0.2, 0) is 82.8 Å². The summed E-state index contributed by atoms with van der Waals surface area (Å²) in [6, 6.07) is 11.7. The van der Waals surface area contributed by atoms with Crippen LogP contribution in [0.3, 0.4) is 0 Å². The number of aromatic carboxylic acids is 8. The van der Waals surface area contributed by atoms with Crippen LogP contribution in [0.4, 0.5) is 0 Å². The summed E-state index contributed by atoms with van der Waals surface area (Å²) < 4.78 is 5.23. The first-order valence-corrected chi connectivity index (χ1v) is 26.6. The van der Waals surface area contributed by atoms with Crippen LogP contribution < -0.4 is 20.4 Å². The molecule has 0 aliphatic rings. The molecule has 0 aliphatic heterocycles. The molecule has 8 heterocycles. The van der Waals surface area contributed by atoms with Gasteiger partial charge in [-0.25, -0.2) is 19.2 Å². The van der Waals surface area contributed by atoms with Crippen LogP contribution in [-0.4, -0.2) is 108 Å². The molecular formula is C48H52Br8N8O24Zn2+8. The minimum absolute atomic E-state index is 0. The van der Waals surface area contributed by atoms with Gasteiger partial charge in [0, 0.05) is 157 Å². The number of carboxylic acids is 8. The van der Waals surface area contributed by atoms with Crippen molar-refractivity contribution in [3.05, 3.63) is 228 Å². The molecule has 0 aliphatic carbocycles. The summed E-state index contributed by atoms with van der Waals surface area (Å²) in [7, 11) is 0. The van der Waals surface area contributed by atoms with E-state index in [4.69, 9.17) is 20.4 Å². The maximum Gasteiger partial charge on any atom is 2.00 e. The first kappa shape index (κ1) is 105. The van der Waals surface area contributed by atoms with Crippen LogP contribution in [0.1, 0.15) is 82.9 Å². The molecule has 0 aromatic carbocycles. The van der Waals surface area contributed by atoms with Gasteiger partial charge in [-0.2, -0.15) is 0 Å². The summed E-state index contributed by atoms with van der Waals surface area (Å²) in [6.45, 7) is 0. The number of pyridine rings is 8. The van der Waals surface area contributed by atoms with Gasteiger partial charge in [-0.15, -0.1) is 0 Å². The van der Waals surface area contributed by atoms with E-state index >= 15 is 0 Å². The average molecular weight is 1890 g/mol. The van der Waals surface area contributed by atoms with Gasteiger partial charge in [0.2, 0.25) is 0 Å². The molecule has 42 heteroatoms. The third kappa shape index (κ3) is 47.6. The Kier molecular flexibility index (Phi) is 67.8. The Balaban J connectivity index is -0.0000001000. The molecule has 0 saturated carbocycles. The number of carboxylic acid groups (broad SMARTS) is 8. The van der Waals surface area contributed by atoms with Crippen LogP contribution in [0.25, 0.3) is 0 Å². The first-order chi connectivity index (χ1) is 37.6. The van der Waals surface area contributed by atoms with Crippen LogP contribution in [0.2, 0.25) is 0 Å². The van der Waals surface area contributed by atoms with Crippen LogP contribution >= 0.6 is 127 Å². The van der Waals surface area contributed by atoms with Gasteiger partial charge in [0.1, 0.15) is 0 Å². The second-order valence-corrected chi connectivity index (χ2v) is 20.8. The molecule has 0 unspecified atom stereocenters. The quantitative estimate of drug-likeness (QED) is 0.111. The van der Waals surface area contributed by atoms with E-state index in [0.29, 0.717) is 35.8 Å². The van der Waals surface area contributed by atoms with Crippen LogP contribution in [0.5, 0.6) is 0 Å². The molecule has 0 amide bonds. The van der Waals surface area contributed by atoms with Crippen molar-refractivity contribution >= 4 is 175 Å². The molecular weight excluding hydrogens is 1840 g/mol. The van der Waals surface area contributed by atoms with Gasteiger partial charge in [-0.3, -0.25) is 39.9 Å². The van der Waals surface area contributed by atoms with E-state index in [1.807, 2.05) is 0 Å². The van der Waals surface area contributed by atoms with E-state index in [1.165, 1.54) is 148 Å². The third-order valence-electron chi connectivity index (χ3n) is 7.57. The predicted octanol–water partition coefficient (Wildman–Crippen LogP) is -0.381. The van der Waals surface area contributed by atoms with Gasteiger partial charge < -0.3 is 104 Å². The van der Waals surface area contributed by atoms with E-state index in [-0.39, 0.29) is 127 Å². The number of hydrogen-bond donors (Lipinski definition) is 4. The van der Waals surface area contributed by atoms with Crippen molar-refractivity contribution in [1.29, 1.82) is 0 Å². The summed E-state index contributed by atoms with van der Waals surface area (Å²) in [6.07, 6.45) is 22.3. The molecule has 8 aromatic heterocycles. The zero-order chi connectivity index (χ0) is 60.5. The maximum absolute atomic E-state index is 10.3. The number of aromatic nitrogens is 8. The smallest absolute Gasteiger partial charge is 0.545 e. The number of halogens is 8. The Bertz CT molecular complexity index is 2790. The van der Waals surface area contributed by atoms with Crippen molar-refractivity contribution in [1.82, 2.24) is 39.9 Å². The van der Waals surface area contributed by atoms with E-state index in [0.717, 1.165) is 0 Å². The molecule has 0 bridgehead atoms. The van der Waals surface area contributed by atoms with Crippen molar-refractivity contribution in [2.24, 2.45) is 0 Å².